The highest BCUT2D eigenvalue weighted by Gasteiger charge is 2.29. The van der Waals surface area contributed by atoms with Gasteiger partial charge in [-0.2, -0.15) is 13.2 Å². The van der Waals surface area contributed by atoms with Crippen LogP contribution in [0, 0.1) is 0 Å². The molecule has 0 spiro atoms. The summed E-state index contributed by atoms with van der Waals surface area (Å²) in [4.78, 5) is 1.88. The lowest BCUT2D eigenvalue weighted by atomic mass is 10.1. The van der Waals surface area contributed by atoms with Gasteiger partial charge in [0.1, 0.15) is 0 Å². The number of likely N-dealkylation sites (N-methyl/N-ethyl adjacent to an activating group) is 1. The maximum absolute atomic E-state index is 12.4. The number of aliphatic hydroxyl groups excluding tert-OH is 2. The molecular weight excluding hydrogens is 271 g/mol. The number of halogens is 3. The summed E-state index contributed by atoms with van der Waals surface area (Å²) >= 11 is 0. The van der Waals surface area contributed by atoms with Crippen molar-refractivity contribution in [3.63, 3.8) is 0 Å². The van der Waals surface area contributed by atoms with Crippen LogP contribution >= 0.6 is 0 Å². The molecule has 0 fully saturated rings. The second-order valence-corrected chi connectivity index (χ2v) is 4.67. The molecule has 0 saturated carbocycles. The molecular formula is C14H20F3NO2. The van der Waals surface area contributed by atoms with Gasteiger partial charge in [0.2, 0.25) is 0 Å². The van der Waals surface area contributed by atoms with Gasteiger partial charge in [0, 0.05) is 13.1 Å². The number of hydrogen-bond acceptors (Lipinski definition) is 3. The number of benzene rings is 1. The summed E-state index contributed by atoms with van der Waals surface area (Å²) in [7, 11) is 0. The van der Waals surface area contributed by atoms with Crippen LogP contribution in [0.15, 0.2) is 24.3 Å². The van der Waals surface area contributed by atoms with Crippen LogP contribution in [0.4, 0.5) is 13.2 Å². The van der Waals surface area contributed by atoms with Gasteiger partial charge in [-0.25, -0.2) is 0 Å². The van der Waals surface area contributed by atoms with Gasteiger partial charge >= 0.3 is 6.18 Å². The molecule has 114 valence electrons. The van der Waals surface area contributed by atoms with Crippen molar-refractivity contribution < 1.29 is 23.4 Å². The highest BCUT2D eigenvalue weighted by Crippen LogP contribution is 2.29. The van der Waals surface area contributed by atoms with Crippen molar-refractivity contribution in [1.82, 2.24) is 4.90 Å². The minimum atomic E-state index is -4.34. The molecule has 1 rings (SSSR count). The summed E-state index contributed by atoms with van der Waals surface area (Å²) in [5.41, 5.74) is -0.0308. The highest BCUT2D eigenvalue weighted by atomic mass is 19.4. The zero-order valence-electron chi connectivity index (χ0n) is 11.4. The standard InChI is InChI=1S/C14H20F3NO2/c1-2-18(7-8-19)10-13(20)9-11-3-5-12(6-4-11)14(15,16)17/h3-6,13,19-20H,2,7-10H2,1H3. The van der Waals surface area contributed by atoms with Crippen molar-refractivity contribution in [1.29, 1.82) is 0 Å². The summed E-state index contributed by atoms with van der Waals surface area (Å²) in [5, 5.41) is 18.8. The van der Waals surface area contributed by atoms with E-state index in [4.69, 9.17) is 5.11 Å². The van der Waals surface area contributed by atoms with E-state index in [-0.39, 0.29) is 6.61 Å². The van der Waals surface area contributed by atoms with Gasteiger partial charge in [0.05, 0.1) is 18.3 Å². The van der Waals surface area contributed by atoms with Gasteiger partial charge in [-0.1, -0.05) is 19.1 Å². The van der Waals surface area contributed by atoms with E-state index in [2.05, 4.69) is 0 Å². The molecule has 0 heterocycles. The largest absolute Gasteiger partial charge is 0.416 e. The molecule has 6 heteroatoms. The molecule has 0 bridgehead atoms. The second-order valence-electron chi connectivity index (χ2n) is 4.67. The lowest BCUT2D eigenvalue weighted by molar-refractivity contribution is -0.137. The fraction of sp³-hybridized carbons (Fsp3) is 0.571. The first-order chi connectivity index (χ1) is 9.36. The number of alkyl halides is 3. The van der Waals surface area contributed by atoms with Gasteiger partial charge in [0.15, 0.2) is 0 Å². The van der Waals surface area contributed by atoms with E-state index in [0.29, 0.717) is 31.6 Å². The first-order valence-corrected chi connectivity index (χ1v) is 6.54. The van der Waals surface area contributed by atoms with E-state index in [1.54, 1.807) is 0 Å². The summed E-state index contributed by atoms with van der Waals surface area (Å²) in [6.07, 6.45) is -4.71. The molecule has 1 unspecified atom stereocenters. The number of aliphatic hydroxyl groups is 2. The summed E-state index contributed by atoms with van der Waals surface area (Å²) in [5.74, 6) is 0. The van der Waals surface area contributed by atoms with Crippen molar-refractivity contribution in [2.45, 2.75) is 25.6 Å². The van der Waals surface area contributed by atoms with Crippen molar-refractivity contribution in [3.8, 4) is 0 Å². The van der Waals surface area contributed by atoms with Crippen LogP contribution in [-0.4, -0.2) is 47.5 Å². The minimum Gasteiger partial charge on any atom is -0.395 e. The molecule has 0 aliphatic heterocycles. The molecule has 1 atom stereocenters. The van der Waals surface area contributed by atoms with Crippen molar-refractivity contribution in [2.24, 2.45) is 0 Å². The van der Waals surface area contributed by atoms with Crippen LogP contribution in [0.3, 0.4) is 0 Å². The Morgan fingerprint density at radius 2 is 1.80 bits per heavy atom. The minimum absolute atomic E-state index is 0.0147. The SMILES string of the molecule is CCN(CCO)CC(O)Cc1ccc(C(F)(F)F)cc1. The van der Waals surface area contributed by atoms with Gasteiger partial charge in [-0.3, -0.25) is 4.90 Å². The molecule has 0 aromatic heterocycles. The molecule has 0 aliphatic carbocycles. The predicted octanol–water partition coefficient (Wildman–Crippen LogP) is 1.92. The zero-order valence-corrected chi connectivity index (χ0v) is 11.4. The molecule has 2 N–H and O–H groups in total. The molecule has 1 aromatic rings. The van der Waals surface area contributed by atoms with Crippen LogP contribution in [0.1, 0.15) is 18.1 Å². The lowest BCUT2D eigenvalue weighted by Crippen LogP contribution is -2.35. The average Bonchev–Trinajstić information content (AvgIpc) is 2.37. The van der Waals surface area contributed by atoms with Crippen LogP contribution in [0.5, 0.6) is 0 Å². The maximum atomic E-state index is 12.4. The van der Waals surface area contributed by atoms with Crippen LogP contribution in [0.25, 0.3) is 0 Å². The zero-order chi connectivity index (χ0) is 15.2. The molecule has 0 aliphatic rings. The molecule has 20 heavy (non-hydrogen) atoms. The Hall–Kier alpha value is -1.11. The third-order valence-corrected chi connectivity index (χ3v) is 3.08. The quantitative estimate of drug-likeness (QED) is 0.806. The average molecular weight is 291 g/mol. The Morgan fingerprint density at radius 1 is 1.20 bits per heavy atom. The molecule has 0 amide bonds. The molecule has 0 saturated heterocycles. The normalized spacial score (nSPS) is 13.8. The smallest absolute Gasteiger partial charge is 0.395 e. The van der Waals surface area contributed by atoms with Gasteiger partial charge < -0.3 is 10.2 Å². The van der Waals surface area contributed by atoms with Crippen LogP contribution < -0.4 is 0 Å². The topological polar surface area (TPSA) is 43.7 Å². The van der Waals surface area contributed by atoms with E-state index in [0.717, 1.165) is 12.1 Å². The van der Waals surface area contributed by atoms with E-state index in [9.17, 15) is 18.3 Å². The van der Waals surface area contributed by atoms with Gasteiger partial charge in [0.25, 0.3) is 0 Å². The maximum Gasteiger partial charge on any atom is 0.416 e. The Bertz CT molecular complexity index is 392. The third kappa shape index (κ3) is 5.48. The Labute approximate surface area is 116 Å². The second kappa shape index (κ2) is 7.61. The number of rotatable bonds is 7. The Kier molecular flexibility index (Phi) is 6.45. The first kappa shape index (κ1) is 16.9. The van der Waals surface area contributed by atoms with Crippen molar-refractivity contribution in [3.05, 3.63) is 35.4 Å². The predicted molar refractivity (Wildman–Crippen MR) is 70.4 cm³/mol. The van der Waals surface area contributed by atoms with E-state index in [1.165, 1.54) is 12.1 Å². The highest BCUT2D eigenvalue weighted by molar-refractivity contribution is 5.25. The van der Waals surface area contributed by atoms with Gasteiger partial charge in [-0.05, 0) is 30.7 Å². The first-order valence-electron chi connectivity index (χ1n) is 6.54. The molecule has 1 aromatic carbocycles. The van der Waals surface area contributed by atoms with E-state index >= 15 is 0 Å². The lowest BCUT2D eigenvalue weighted by Gasteiger charge is -2.22. The van der Waals surface area contributed by atoms with Crippen molar-refractivity contribution in [2.75, 3.05) is 26.2 Å². The summed E-state index contributed by atoms with van der Waals surface area (Å²) in [6.45, 7) is 3.49. The fourth-order valence-electron chi connectivity index (χ4n) is 1.98. The monoisotopic (exact) mass is 291 g/mol. The fourth-order valence-corrected chi connectivity index (χ4v) is 1.98. The summed E-state index contributed by atoms with van der Waals surface area (Å²) < 4.78 is 37.2. The van der Waals surface area contributed by atoms with Crippen LogP contribution in [0.2, 0.25) is 0 Å². The Morgan fingerprint density at radius 3 is 2.25 bits per heavy atom. The van der Waals surface area contributed by atoms with Crippen LogP contribution in [-0.2, 0) is 12.6 Å². The van der Waals surface area contributed by atoms with E-state index < -0.39 is 17.8 Å². The van der Waals surface area contributed by atoms with E-state index in [1.807, 2.05) is 11.8 Å². The number of hydrogen-bond donors (Lipinski definition) is 2. The number of nitrogens with zero attached hydrogens (tertiary/aromatic N) is 1. The molecule has 0 radical (unpaired) electrons. The van der Waals surface area contributed by atoms with Gasteiger partial charge in [-0.15, -0.1) is 0 Å². The third-order valence-electron chi connectivity index (χ3n) is 3.08. The summed E-state index contributed by atoms with van der Waals surface area (Å²) in [6, 6.07) is 4.81. The Balaban J connectivity index is 2.55. The molecule has 3 nitrogen and oxygen atoms in total. The van der Waals surface area contributed by atoms with Crippen molar-refractivity contribution >= 4 is 0 Å².